The lowest BCUT2D eigenvalue weighted by Crippen LogP contribution is -2.11. The van der Waals surface area contributed by atoms with E-state index in [2.05, 4.69) is 5.16 Å². The normalized spacial score (nSPS) is 11.3. The summed E-state index contributed by atoms with van der Waals surface area (Å²) < 4.78 is 20.9. The molecule has 0 spiro atoms. The van der Waals surface area contributed by atoms with E-state index in [1.165, 1.54) is 19.2 Å². The third kappa shape index (κ3) is 5.69. The van der Waals surface area contributed by atoms with E-state index in [0.29, 0.717) is 29.2 Å². The molecule has 34 heavy (non-hydrogen) atoms. The van der Waals surface area contributed by atoms with E-state index >= 15 is 0 Å². The summed E-state index contributed by atoms with van der Waals surface area (Å²) >= 11 is 0. The van der Waals surface area contributed by atoms with Crippen LogP contribution < -0.4 is 4.74 Å². The molecule has 4 aromatic rings. The molecular formula is C27H23FN2O4. The monoisotopic (exact) mass is 458 g/mol. The summed E-state index contributed by atoms with van der Waals surface area (Å²) in [5.74, 6) is -0.00641. The number of benzene rings is 3. The minimum atomic E-state index is -1.03. The second-order valence-corrected chi connectivity index (χ2v) is 7.64. The Morgan fingerprint density at radius 2 is 1.71 bits per heavy atom. The minimum absolute atomic E-state index is 0.183. The van der Waals surface area contributed by atoms with Gasteiger partial charge >= 0.3 is 5.97 Å². The van der Waals surface area contributed by atoms with Crippen LogP contribution in [0.4, 0.5) is 4.39 Å². The van der Waals surface area contributed by atoms with E-state index in [1.807, 2.05) is 54.6 Å². The highest BCUT2D eigenvalue weighted by atomic mass is 19.1. The Morgan fingerprint density at radius 3 is 2.41 bits per heavy atom. The van der Waals surface area contributed by atoms with E-state index in [9.17, 15) is 14.3 Å². The van der Waals surface area contributed by atoms with Gasteiger partial charge in [-0.2, -0.15) is 0 Å². The fourth-order valence-electron chi connectivity index (χ4n) is 3.62. The predicted molar refractivity (Wildman–Crippen MR) is 127 cm³/mol. The van der Waals surface area contributed by atoms with Crippen molar-refractivity contribution in [2.75, 3.05) is 7.11 Å². The zero-order chi connectivity index (χ0) is 23.9. The number of carboxylic acid groups (broad SMARTS) is 1. The first-order chi connectivity index (χ1) is 16.5. The molecule has 0 amide bonds. The minimum Gasteiger partial charge on any atom is -0.478 e. The number of hydrogen-bond acceptors (Lipinski definition) is 4. The number of halogens is 1. The number of para-hydroxylation sites is 1. The topological polar surface area (TPSA) is 73.1 Å². The van der Waals surface area contributed by atoms with Crippen molar-refractivity contribution < 1.29 is 23.9 Å². The van der Waals surface area contributed by atoms with Crippen LogP contribution in [0.3, 0.4) is 0 Å². The van der Waals surface area contributed by atoms with Gasteiger partial charge in [0.25, 0.3) is 0 Å². The van der Waals surface area contributed by atoms with Gasteiger partial charge < -0.3 is 19.2 Å². The molecule has 0 radical (unpaired) electrons. The van der Waals surface area contributed by atoms with Crippen molar-refractivity contribution in [2.24, 2.45) is 5.16 Å². The molecule has 1 N–H and O–H groups in total. The Bertz CT molecular complexity index is 1300. The fraction of sp³-hybridized carbons (Fsp3) is 0.111. The Balaban J connectivity index is 1.58. The van der Waals surface area contributed by atoms with Gasteiger partial charge in [0.15, 0.2) is 0 Å². The van der Waals surface area contributed by atoms with Gasteiger partial charge in [0.05, 0.1) is 12.1 Å². The van der Waals surface area contributed by atoms with Crippen molar-refractivity contribution in [3.05, 3.63) is 119 Å². The van der Waals surface area contributed by atoms with E-state index in [1.54, 1.807) is 29.1 Å². The molecule has 6 nitrogen and oxygen atoms in total. The molecular weight excluding hydrogens is 435 g/mol. The number of hydrogen-bond donors (Lipinski definition) is 1. The molecule has 0 aliphatic heterocycles. The van der Waals surface area contributed by atoms with E-state index < -0.39 is 5.97 Å². The first-order valence-corrected chi connectivity index (χ1v) is 10.6. The van der Waals surface area contributed by atoms with Crippen LogP contribution in [0.1, 0.15) is 27.0 Å². The molecule has 0 aliphatic rings. The molecule has 1 heterocycles. The third-order valence-electron chi connectivity index (χ3n) is 5.18. The summed E-state index contributed by atoms with van der Waals surface area (Å²) in [4.78, 5) is 16.9. The van der Waals surface area contributed by atoms with E-state index in [-0.39, 0.29) is 17.9 Å². The number of oxime groups is 1. The number of ether oxygens (including phenoxy) is 1. The molecule has 0 saturated heterocycles. The number of rotatable bonds is 9. The molecule has 0 atom stereocenters. The summed E-state index contributed by atoms with van der Waals surface area (Å²) in [6.45, 7) is 0.284. The standard InChI is InChI=1S/C27H23FN2O4/c1-33-29-26(20-6-5-9-24(15-20)34-23-7-3-2-4-8-23)18-30-16-21(25(17-30)27(31)32)14-19-10-12-22(28)13-11-19/h2-13,15-17H,14,18H2,1H3,(H,31,32)/b29-26+. The van der Waals surface area contributed by atoms with Gasteiger partial charge in [-0.3, -0.25) is 0 Å². The summed E-state index contributed by atoms with van der Waals surface area (Å²) in [7, 11) is 1.46. The van der Waals surface area contributed by atoms with Crippen LogP contribution in [-0.4, -0.2) is 28.5 Å². The van der Waals surface area contributed by atoms with Gasteiger partial charge in [-0.15, -0.1) is 0 Å². The number of carbonyl (C=O) groups is 1. The van der Waals surface area contributed by atoms with E-state index in [0.717, 1.165) is 11.1 Å². The lowest BCUT2D eigenvalue weighted by molar-refractivity contribution is 0.0696. The summed E-state index contributed by atoms with van der Waals surface area (Å²) in [5.41, 5.74) is 3.00. The number of aromatic carboxylic acids is 1. The maximum Gasteiger partial charge on any atom is 0.337 e. The average Bonchev–Trinajstić information content (AvgIpc) is 3.24. The highest BCUT2D eigenvalue weighted by Crippen LogP contribution is 2.23. The van der Waals surface area contributed by atoms with Crippen LogP contribution >= 0.6 is 0 Å². The Hall–Kier alpha value is -4.39. The lowest BCUT2D eigenvalue weighted by atomic mass is 10.0. The smallest absolute Gasteiger partial charge is 0.337 e. The predicted octanol–water partition coefficient (Wildman–Crippen LogP) is 5.76. The molecule has 172 valence electrons. The SMILES string of the molecule is CO/N=C(\Cn1cc(Cc2ccc(F)cc2)c(C(=O)O)c1)c1cccc(Oc2ccccc2)c1. The van der Waals surface area contributed by atoms with Crippen LogP contribution in [0.15, 0.2) is 96.4 Å². The zero-order valence-corrected chi connectivity index (χ0v) is 18.5. The molecule has 0 aliphatic carbocycles. The van der Waals surface area contributed by atoms with Crippen LogP contribution in [-0.2, 0) is 17.8 Å². The van der Waals surface area contributed by atoms with Crippen LogP contribution in [0, 0.1) is 5.82 Å². The highest BCUT2D eigenvalue weighted by Gasteiger charge is 2.16. The van der Waals surface area contributed by atoms with Gasteiger partial charge in [-0.05, 0) is 53.9 Å². The molecule has 7 heteroatoms. The third-order valence-corrected chi connectivity index (χ3v) is 5.18. The Morgan fingerprint density at radius 1 is 0.971 bits per heavy atom. The van der Waals surface area contributed by atoms with Gasteiger partial charge in [-0.1, -0.05) is 47.6 Å². The molecule has 1 aromatic heterocycles. The van der Waals surface area contributed by atoms with Gasteiger partial charge in [-0.25, -0.2) is 9.18 Å². The summed E-state index contributed by atoms with van der Waals surface area (Å²) in [5, 5.41) is 13.9. The van der Waals surface area contributed by atoms with Crippen molar-refractivity contribution in [2.45, 2.75) is 13.0 Å². The molecule has 0 fully saturated rings. The van der Waals surface area contributed by atoms with Crippen LogP contribution in [0.5, 0.6) is 11.5 Å². The summed E-state index contributed by atoms with van der Waals surface area (Å²) in [6.07, 6.45) is 3.70. The highest BCUT2D eigenvalue weighted by molar-refractivity contribution is 6.00. The molecule has 0 unspecified atom stereocenters. The van der Waals surface area contributed by atoms with Crippen LogP contribution in [0.2, 0.25) is 0 Å². The van der Waals surface area contributed by atoms with Crippen molar-refractivity contribution >= 4 is 11.7 Å². The van der Waals surface area contributed by atoms with Gasteiger partial charge in [0, 0.05) is 18.0 Å². The average molecular weight is 458 g/mol. The molecule has 0 bridgehead atoms. The second kappa shape index (κ2) is 10.5. The van der Waals surface area contributed by atoms with Crippen LogP contribution in [0.25, 0.3) is 0 Å². The van der Waals surface area contributed by atoms with Gasteiger partial charge in [0.1, 0.15) is 30.1 Å². The fourth-order valence-corrected chi connectivity index (χ4v) is 3.62. The van der Waals surface area contributed by atoms with Crippen molar-refractivity contribution in [1.82, 2.24) is 4.57 Å². The maximum atomic E-state index is 13.2. The van der Waals surface area contributed by atoms with Crippen molar-refractivity contribution in [3.8, 4) is 11.5 Å². The number of aromatic nitrogens is 1. The van der Waals surface area contributed by atoms with Crippen molar-refractivity contribution in [3.63, 3.8) is 0 Å². The Kier molecular flexibility index (Phi) is 7.03. The van der Waals surface area contributed by atoms with E-state index in [4.69, 9.17) is 9.57 Å². The first-order valence-electron chi connectivity index (χ1n) is 10.6. The second-order valence-electron chi connectivity index (χ2n) is 7.64. The zero-order valence-electron chi connectivity index (χ0n) is 18.5. The number of carboxylic acids is 1. The largest absolute Gasteiger partial charge is 0.478 e. The Labute approximate surface area is 196 Å². The molecule has 0 saturated carbocycles. The number of nitrogens with zero attached hydrogens (tertiary/aromatic N) is 2. The maximum absolute atomic E-state index is 13.2. The molecule has 4 rings (SSSR count). The van der Waals surface area contributed by atoms with Crippen molar-refractivity contribution in [1.29, 1.82) is 0 Å². The first kappa shape index (κ1) is 22.8. The quantitative estimate of drug-likeness (QED) is 0.256. The summed E-state index contributed by atoms with van der Waals surface area (Å²) in [6, 6.07) is 22.9. The molecule has 3 aromatic carbocycles. The van der Waals surface area contributed by atoms with Gasteiger partial charge in [0.2, 0.25) is 0 Å². The lowest BCUT2D eigenvalue weighted by Gasteiger charge is -2.10.